The van der Waals surface area contributed by atoms with Crippen molar-refractivity contribution in [3.05, 3.63) is 0 Å². The molecule has 0 aromatic rings. The summed E-state index contributed by atoms with van der Waals surface area (Å²) in [4.78, 5) is 24.9. The van der Waals surface area contributed by atoms with Crippen molar-refractivity contribution in [3.63, 3.8) is 0 Å². The first-order valence-corrected chi connectivity index (χ1v) is 6.25. The van der Waals surface area contributed by atoms with E-state index in [2.05, 4.69) is 15.0 Å². The number of likely N-dealkylation sites (N-methyl/N-ethyl adjacent to an activating group) is 1. The molecule has 0 saturated carbocycles. The summed E-state index contributed by atoms with van der Waals surface area (Å²) < 4.78 is 4.69. The zero-order valence-corrected chi connectivity index (χ0v) is 10.7. The van der Waals surface area contributed by atoms with E-state index in [0.717, 1.165) is 25.8 Å². The maximum absolute atomic E-state index is 11.5. The summed E-state index contributed by atoms with van der Waals surface area (Å²) >= 11 is 0. The number of rotatable bonds is 5. The van der Waals surface area contributed by atoms with Crippen molar-refractivity contribution in [2.24, 2.45) is 0 Å². The second-order valence-electron chi connectivity index (χ2n) is 4.35. The van der Waals surface area contributed by atoms with Crippen LogP contribution in [0, 0.1) is 0 Å². The van der Waals surface area contributed by atoms with Gasteiger partial charge >= 0.3 is 5.97 Å². The third-order valence-electron chi connectivity index (χ3n) is 3.10. The molecule has 0 bridgehead atoms. The number of piperidine rings is 1. The molecule has 1 heterocycles. The van der Waals surface area contributed by atoms with E-state index in [1.807, 2.05) is 6.92 Å². The van der Waals surface area contributed by atoms with E-state index in [1.165, 1.54) is 7.11 Å². The number of methoxy groups -OCH3 is 1. The van der Waals surface area contributed by atoms with E-state index >= 15 is 0 Å². The van der Waals surface area contributed by atoms with Crippen molar-refractivity contribution in [2.75, 3.05) is 26.7 Å². The number of nitrogens with one attached hydrogen (secondary N) is 1. The van der Waals surface area contributed by atoms with Crippen LogP contribution >= 0.6 is 0 Å². The van der Waals surface area contributed by atoms with Gasteiger partial charge in [-0.05, 0) is 26.3 Å². The predicted molar refractivity (Wildman–Crippen MR) is 64.5 cm³/mol. The van der Waals surface area contributed by atoms with E-state index in [0.29, 0.717) is 19.5 Å². The second-order valence-corrected chi connectivity index (χ2v) is 4.35. The fourth-order valence-corrected chi connectivity index (χ4v) is 2.21. The van der Waals surface area contributed by atoms with Crippen molar-refractivity contribution >= 4 is 11.9 Å². The van der Waals surface area contributed by atoms with Gasteiger partial charge in [-0.2, -0.15) is 0 Å². The van der Waals surface area contributed by atoms with Gasteiger partial charge in [-0.1, -0.05) is 6.42 Å². The maximum Gasteiger partial charge on any atom is 0.307 e. The van der Waals surface area contributed by atoms with Crippen molar-refractivity contribution in [3.8, 4) is 0 Å². The van der Waals surface area contributed by atoms with E-state index < -0.39 is 0 Å². The number of nitrogens with zero attached hydrogens (tertiary/aromatic N) is 1. The molecule has 5 heteroatoms. The largest absolute Gasteiger partial charge is 0.469 e. The Morgan fingerprint density at radius 1 is 1.41 bits per heavy atom. The molecule has 0 radical (unpaired) electrons. The number of amides is 1. The van der Waals surface area contributed by atoms with Gasteiger partial charge in [0.25, 0.3) is 0 Å². The first-order chi connectivity index (χ1) is 8.17. The molecule has 1 unspecified atom stereocenters. The minimum Gasteiger partial charge on any atom is -0.469 e. The average molecular weight is 242 g/mol. The molecule has 98 valence electrons. The number of hydrogen-bond donors (Lipinski definition) is 1. The highest BCUT2D eigenvalue weighted by Crippen LogP contribution is 2.19. The van der Waals surface area contributed by atoms with Gasteiger partial charge in [-0.15, -0.1) is 0 Å². The van der Waals surface area contributed by atoms with Crippen LogP contribution in [-0.2, 0) is 14.3 Å². The molecule has 0 spiro atoms. The second kappa shape index (κ2) is 7.27. The van der Waals surface area contributed by atoms with Crippen molar-refractivity contribution < 1.29 is 14.3 Å². The lowest BCUT2D eigenvalue weighted by atomic mass is 9.99. The van der Waals surface area contributed by atoms with Gasteiger partial charge in [0.05, 0.1) is 20.1 Å². The van der Waals surface area contributed by atoms with Crippen molar-refractivity contribution in [1.82, 2.24) is 10.2 Å². The molecule has 0 aliphatic carbocycles. The van der Waals surface area contributed by atoms with Crippen LogP contribution in [0.4, 0.5) is 0 Å². The van der Waals surface area contributed by atoms with E-state index in [-0.39, 0.29) is 17.9 Å². The molecule has 1 amide bonds. The maximum atomic E-state index is 11.5. The summed E-state index contributed by atoms with van der Waals surface area (Å²) in [6.07, 6.45) is 3.56. The van der Waals surface area contributed by atoms with Gasteiger partial charge in [-0.3, -0.25) is 14.5 Å². The molecular weight excluding hydrogens is 220 g/mol. The molecule has 1 saturated heterocycles. The standard InChI is InChI=1S/C12H22N2O3/c1-3-13-11(15)9-14-7-5-4-6-10(14)8-12(16)17-2/h10H,3-9H2,1-2H3,(H,13,15). The molecule has 1 fully saturated rings. The lowest BCUT2D eigenvalue weighted by molar-refractivity contribution is -0.143. The Morgan fingerprint density at radius 3 is 2.82 bits per heavy atom. The Kier molecular flexibility index (Phi) is 5.97. The summed E-state index contributed by atoms with van der Waals surface area (Å²) in [5, 5.41) is 2.78. The van der Waals surface area contributed by atoms with Gasteiger partial charge in [0.1, 0.15) is 0 Å². The first-order valence-electron chi connectivity index (χ1n) is 6.25. The fourth-order valence-electron chi connectivity index (χ4n) is 2.21. The van der Waals surface area contributed by atoms with E-state index in [9.17, 15) is 9.59 Å². The van der Waals surface area contributed by atoms with E-state index in [1.54, 1.807) is 0 Å². The van der Waals surface area contributed by atoms with E-state index in [4.69, 9.17) is 0 Å². The molecule has 1 aliphatic rings. The number of hydrogen-bond acceptors (Lipinski definition) is 4. The quantitative estimate of drug-likeness (QED) is 0.715. The Morgan fingerprint density at radius 2 is 2.18 bits per heavy atom. The molecule has 1 rings (SSSR count). The van der Waals surface area contributed by atoms with Crippen LogP contribution in [0.15, 0.2) is 0 Å². The highest BCUT2D eigenvalue weighted by Gasteiger charge is 2.26. The van der Waals surface area contributed by atoms with Gasteiger partial charge in [0, 0.05) is 12.6 Å². The smallest absolute Gasteiger partial charge is 0.307 e. The summed E-state index contributed by atoms with van der Waals surface area (Å²) in [6.45, 7) is 3.82. The van der Waals surface area contributed by atoms with Gasteiger partial charge in [0.15, 0.2) is 0 Å². The molecule has 0 aromatic carbocycles. The van der Waals surface area contributed by atoms with Crippen LogP contribution in [0.2, 0.25) is 0 Å². The van der Waals surface area contributed by atoms with Gasteiger partial charge in [0.2, 0.25) is 5.91 Å². The minimum atomic E-state index is -0.196. The molecule has 1 atom stereocenters. The third kappa shape index (κ3) is 4.73. The third-order valence-corrected chi connectivity index (χ3v) is 3.10. The van der Waals surface area contributed by atoms with Crippen LogP contribution in [-0.4, -0.2) is 49.6 Å². The molecular formula is C12H22N2O3. The molecule has 0 aromatic heterocycles. The molecule has 1 aliphatic heterocycles. The average Bonchev–Trinajstić information content (AvgIpc) is 2.31. The number of likely N-dealkylation sites (tertiary alicyclic amines) is 1. The molecule has 17 heavy (non-hydrogen) atoms. The van der Waals surface area contributed by atoms with Crippen LogP contribution in [0.5, 0.6) is 0 Å². The normalized spacial score (nSPS) is 20.9. The lowest BCUT2D eigenvalue weighted by Gasteiger charge is -2.34. The Balaban J connectivity index is 2.47. The zero-order chi connectivity index (χ0) is 12.7. The molecule has 5 nitrogen and oxygen atoms in total. The summed E-state index contributed by atoms with van der Waals surface area (Å²) in [7, 11) is 1.40. The minimum absolute atomic E-state index is 0.0317. The Bertz CT molecular complexity index is 268. The van der Waals surface area contributed by atoms with Crippen molar-refractivity contribution in [2.45, 2.75) is 38.6 Å². The number of ether oxygens (including phenoxy) is 1. The van der Waals surface area contributed by atoms with Gasteiger partial charge < -0.3 is 10.1 Å². The summed E-state index contributed by atoms with van der Waals surface area (Å²) in [5.41, 5.74) is 0. The molecule has 1 N–H and O–H groups in total. The number of esters is 1. The van der Waals surface area contributed by atoms with Crippen LogP contribution < -0.4 is 5.32 Å². The SMILES string of the molecule is CCNC(=O)CN1CCCCC1CC(=O)OC. The highest BCUT2D eigenvalue weighted by atomic mass is 16.5. The summed E-state index contributed by atoms with van der Waals surface area (Å²) in [6, 6.07) is 0.152. The van der Waals surface area contributed by atoms with Crippen LogP contribution in [0.1, 0.15) is 32.6 Å². The van der Waals surface area contributed by atoms with Crippen LogP contribution in [0.3, 0.4) is 0 Å². The Hall–Kier alpha value is -1.10. The topological polar surface area (TPSA) is 58.6 Å². The predicted octanol–water partition coefficient (Wildman–Crippen LogP) is 0.540. The first kappa shape index (κ1) is 14.0. The Labute approximate surface area is 102 Å². The zero-order valence-electron chi connectivity index (χ0n) is 10.7. The fraction of sp³-hybridized carbons (Fsp3) is 0.833. The monoisotopic (exact) mass is 242 g/mol. The number of carbonyl (C=O) groups is 2. The number of carbonyl (C=O) groups excluding carboxylic acids is 2. The lowest BCUT2D eigenvalue weighted by Crippen LogP contribution is -2.46. The highest BCUT2D eigenvalue weighted by molar-refractivity contribution is 5.78. The van der Waals surface area contributed by atoms with Crippen molar-refractivity contribution in [1.29, 1.82) is 0 Å². The summed E-state index contributed by atoms with van der Waals surface area (Å²) in [5.74, 6) is -0.165. The van der Waals surface area contributed by atoms with Gasteiger partial charge in [-0.25, -0.2) is 0 Å². The van der Waals surface area contributed by atoms with Crippen LogP contribution in [0.25, 0.3) is 0 Å².